The van der Waals surface area contributed by atoms with E-state index in [2.05, 4.69) is 0 Å². The fourth-order valence-electron chi connectivity index (χ4n) is 1.68. The van der Waals surface area contributed by atoms with E-state index in [9.17, 15) is 31.5 Å². The number of hydrogen-bond donors (Lipinski definition) is 2. The number of benzene rings is 1. The van der Waals surface area contributed by atoms with Gasteiger partial charge in [-0.3, -0.25) is 4.79 Å². The molecule has 0 fully saturated rings. The van der Waals surface area contributed by atoms with Gasteiger partial charge in [0.2, 0.25) is 5.78 Å². The molecule has 0 aliphatic rings. The van der Waals surface area contributed by atoms with Crippen molar-refractivity contribution in [1.82, 2.24) is 0 Å². The average Bonchev–Trinajstić information content (AvgIpc) is 2.37. The van der Waals surface area contributed by atoms with Gasteiger partial charge in [0.1, 0.15) is 5.57 Å². The van der Waals surface area contributed by atoms with Gasteiger partial charge in [0, 0.05) is 12.1 Å². The molecule has 0 heterocycles. The van der Waals surface area contributed by atoms with Crippen LogP contribution in [0, 0.1) is 0 Å². The maximum Gasteiger partial charge on any atom is 0.416 e. The number of halogens is 5. The van der Waals surface area contributed by atoms with Gasteiger partial charge in [-0.2, -0.15) is 13.2 Å². The van der Waals surface area contributed by atoms with E-state index in [0.717, 1.165) is 12.1 Å². The van der Waals surface area contributed by atoms with Crippen molar-refractivity contribution < 1.29 is 36.6 Å². The van der Waals surface area contributed by atoms with Crippen LogP contribution in [0.3, 0.4) is 0 Å². The number of hydrogen-bond acceptors (Lipinski definition) is 3. The Labute approximate surface area is 121 Å². The first-order chi connectivity index (χ1) is 10.0. The number of Topliss-reactive ketones (excluding diaryl/α,β-unsaturated/α-hetero) is 1. The van der Waals surface area contributed by atoms with Crippen molar-refractivity contribution in [3.63, 3.8) is 0 Å². The van der Waals surface area contributed by atoms with Crippen molar-refractivity contribution in [1.29, 1.82) is 0 Å². The number of nitrogens with two attached hydrogens (primary N) is 1. The number of carboxylic acids is 1. The summed E-state index contributed by atoms with van der Waals surface area (Å²) in [5.74, 6) is -3.95. The van der Waals surface area contributed by atoms with Crippen molar-refractivity contribution in [2.24, 2.45) is 5.73 Å². The van der Waals surface area contributed by atoms with Crippen LogP contribution in [0.5, 0.6) is 0 Å². The molecule has 9 heteroatoms. The lowest BCUT2D eigenvalue weighted by atomic mass is 10.0. The van der Waals surface area contributed by atoms with Gasteiger partial charge in [0.05, 0.1) is 5.56 Å². The summed E-state index contributed by atoms with van der Waals surface area (Å²) in [6.45, 7) is 0. The minimum Gasteiger partial charge on any atom is -0.477 e. The Morgan fingerprint density at radius 1 is 1.23 bits per heavy atom. The Bertz CT molecular complexity index is 622. The molecule has 0 aliphatic heterocycles. The number of carbonyl (C=O) groups is 2. The van der Waals surface area contributed by atoms with Crippen LogP contribution in [0.4, 0.5) is 22.0 Å². The lowest BCUT2D eigenvalue weighted by Crippen LogP contribution is -2.24. The lowest BCUT2D eigenvalue weighted by Gasteiger charge is -2.10. The maximum absolute atomic E-state index is 12.5. The largest absolute Gasteiger partial charge is 0.477 e. The van der Waals surface area contributed by atoms with Gasteiger partial charge in [-0.25, -0.2) is 13.6 Å². The van der Waals surface area contributed by atoms with Crippen molar-refractivity contribution in [2.45, 2.75) is 19.0 Å². The van der Waals surface area contributed by atoms with Gasteiger partial charge in [0.25, 0.3) is 0 Å². The highest BCUT2D eigenvalue weighted by molar-refractivity contribution is 6.18. The van der Waals surface area contributed by atoms with Crippen LogP contribution in [0.25, 0.3) is 0 Å². The maximum atomic E-state index is 12.5. The Hall–Kier alpha value is -2.45. The van der Waals surface area contributed by atoms with E-state index in [-0.39, 0.29) is 5.56 Å². The van der Waals surface area contributed by atoms with Crippen molar-refractivity contribution in [2.75, 3.05) is 0 Å². The van der Waals surface area contributed by atoms with E-state index >= 15 is 0 Å². The standard InChI is InChI=1S/C13H10F5NO3/c14-11(15)10(20)9(12(21)22)8(19)5-6-2-1-3-7(4-6)13(16,17)18/h1-4,11H,5,19H2,(H,21,22). The Kier molecular flexibility index (Phi) is 5.23. The van der Waals surface area contributed by atoms with Crippen LogP contribution >= 0.6 is 0 Å². The van der Waals surface area contributed by atoms with E-state index in [1.54, 1.807) is 0 Å². The molecule has 1 rings (SSSR count). The highest BCUT2D eigenvalue weighted by Gasteiger charge is 2.31. The quantitative estimate of drug-likeness (QED) is 0.377. The normalized spacial score (nSPS) is 13.0. The fourth-order valence-corrected chi connectivity index (χ4v) is 1.68. The Balaban J connectivity index is 3.18. The summed E-state index contributed by atoms with van der Waals surface area (Å²) in [6, 6.07) is 3.74. The minimum atomic E-state index is -4.62. The topological polar surface area (TPSA) is 80.4 Å². The third-order valence-corrected chi connectivity index (χ3v) is 2.63. The average molecular weight is 323 g/mol. The molecule has 0 amide bonds. The molecule has 1 aromatic rings. The van der Waals surface area contributed by atoms with Crippen LogP contribution in [-0.2, 0) is 22.2 Å². The van der Waals surface area contributed by atoms with Gasteiger partial charge in [-0.1, -0.05) is 18.2 Å². The zero-order chi connectivity index (χ0) is 17.1. The molecule has 1 aromatic carbocycles. The van der Waals surface area contributed by atoms with Gasteiger partial charge in [0.15, 0.2) is 0 Å². The molecule has 0 spiro atoms. The van der Waals surface area contributed by atoms with E-state index in [4.69, 9.17) is 10.8 Å². The molecular formula is C13H10F5NO3. The van der Waals surface area contributed by atoms with E-state index in [1.807, 2.05) is 0 Å². The number of allylic oxidation sites excluding steroid dienone is 1. The number of rotatable bonds is 5. The molecule has 120 valence electrons. The first kappa shape index (κ1) is 17.6. The number of carboxylic acid groups (broad SMARTS) is 1. The summed E-state index contributed by atoms with van der Waals surface area (Å²) in [6.07, 6.45) is -8.78. The highest BCUT2D eigenvalue weighted by Crippen LogP contribution is 2.30. The fraction of sp³-hybridized carbons (Fsp3) is 0.231. The zero-order valence-electron chi connectivity index (χ0n) is 10.8. The zero-order valence-corrected chi connectivity index (χ0v) is 10.8. The van der Waals surface area contributed by atoms with Crippen LogP contribution < -0.4 is 5.73 Å². The molecule has 0 radical (unpaired) electrons. The van der Waals surface area contributed by atoms with Crippen LogP contribution in [0.2, 0.25) is 0 Å². The highest BCUT2D eigenvalue weighted by atomic mass is 19.4. The summed E-state index contributed by atoms with van der Waals surface area (Å²) in [5, 5.41) is 8.75. The molecule has 0 aliphatic carbocycles. The van der Waals surface area contributed by atoms with Crippen molar-refractivity contribution in [3.05, 3.63) is 46.7 Å². The number of ketones is 1. The minimum absolute atomic E-state index is 0.0619. The Morgan fingerprint density at radius 3 is 2.27 bits per heavy atom. The summed E-state index contributed by atoms with van der Waals surface area (Å²) in [4.78, 5) is 21.9. The molecule has 0 bridgehead atoms. The number of aliphatic carboxylic acids is 1. The van der Waals surface area contributed by atoms with Gasteiger partial charge in [-0.05, 0) is 11.6 Å². The first-order valence-electron chi connectivity index (χ1n) is 5.74. The van der Waals surface area contributed by atoms with E-state index < -0.39 is 47.6 Å². The third-order valence-electron chi connectivity index (χ3n) is 2.63. The van der Waals surface area contributed by atoms with Crippen LogP contribution in [-0.4, -0.2) is 23.3 Å². The predicted molar refractivity (Wildman–Crippen MR) is 65.0 cm³/mol. The smallest absolute Gasteiger partial charge is 0.416 e. The summed E-state index contributed by atoms with van der Waals surface area (Å²) in [7, 11) is 0. The monoisotopic (exact) mass is 323 g/mol. The third kappa shape index (κ3) is 4.27. The number of alkyl halides is 5. The predicted octanol–water partition coefficient (Wildman–Crippen LogP) is 2.38. The molecule has 4 nitrogen and oxygen atoms in total. The second kappa shape index (κ2) is 6.54. The molecule has 0 unspecified atom stereocenters. The second-order valence-corrected chi connectivity index (χ2v) is 4.25. The molecule has 0 aromatic heterocycles. The van der Waals surface area contributed by atoms with Crippen LogP contribution in [0.15, 0.2) is 35.5 Å². The van der Waals surface area contributed by atoms with Gasteiger partial charge >= 0.3 is 18.6 Å². The van der Waals surface area contributed by atoms with E-state index in [0.29, 0.717) is 6.07 Å². The molecule has 0 saturated heterocycles. The Morgan fingerprint density at radius 2 is 1.82 bits per heavy atom. The lowest BCUT2D eigenvalue weighted by molar-refractivity contribution is -0.138. The van der Waals surface area contributed by atoms with Crippen molar-refractivity contribution >= 4 is 11.8 Å². The molecule has 0 saturated carbocycles. The molecule has 0 atom stereocenters. The first-order valence-corrected chi connectivity index (χ1v) is 5.74. The summed E-state index contributed by atoms with van der Waals surface area (Å²) < 4.78 is 62.2. The summed E-state index contributed by atoms with van der Waals surface area (Å²) in [5.41, 5.74) is 2.18. The molecule has 22 heavy (non-hydrogen) atoms. The molecular weight excluding hydrogens is 313 g/mol. The van der Waals surface area contributed by atoms with Gasteiger partial charge < -0.3 is 10.8 Å². The van der Waals surface area contributed by atoms with E-state index in [1.165, 1.54) is 6.07 Å². The van der Waals surface area contributed by atoms with Crippen LogP contribution in [0.1, 0.15) is 11.1 Å². The SMILES string of the molecule is NC(Cc1cccc(C(F)(F)F)c1)=C(C(=O)O)C(=O)C(F)F. The van der Waals surface area contributed by atoms with Crippen molar-refractivity contribution in [3.8, 4) is 0 Å². The number of carbonyl (C=O) groups excluding carboxylic acids is 1. The molecule has 3 N–H and O–H groups in total. The van der Waals surface area contributed by atoms with Gasteiger partial charge in [-0.15, -0.1) is 0 Å². The summed E-state index contributed by atoms with van der Waals surface area (Å²) >= 11 is 0. The second-order valence-electron chi connectivity index (χ2n) is 4.25.